The Morgan fingerprint density at radius 3 is 2.40 bits per heavy atom. The molecule has 5 rings (SSSR count). The number of nitrogens with one attached hydrogen (secondary N) is 4. The maximum atomic E-state index is 13.3. The van der Waals surface area contributed by atoms with Crippen LogP contribution in [0.15, 0.2) is 77.7 Å². The summed E-state index contributed by atoms with van der Waals surface area (Å²) in [6.07, 6.45) is 0.692. The summed E-state index contributed by atoms with van der Waals surface area (Å²) in [5.74, 6) is -0.285. The lowest BCUT2D eigenvalue weighted by atomic mass is 10.00. The number of benzene rings is 3. The van der Waals surface area contributed by atoms with Gasteiger partial charge >= 0.3 is 0 Å². The van der Waals surface area contributed by atoms with Gasteiger partial charge in [-0.05, 0) is 75.1 Å². The lowest BCUT2D eigenvalue weighted by molar-refractivity contribution is -0.110. The van der Waals surface area contributed by atoms with Gasteiger partial charge in [0.25, 0.3) is 5.91 Å². The second kappa shape index (κ2) is 12.2. The minimum Gasteiger partial charge on any atom is -0.369 e. The Labute approximate surface area is 236 Å². The molecule has 1 saturated heterocycles. The molecule has 2 heterocycles. The number of rotatable bonds is 10. The molecule has 2 aliphatic rings. The van der Waals surface area contributed by atoms with Crippen LogP contribution in [0.1, 0.15) is 17.5 Å². The fourth-order valence-electron chi connectivity index (χ4n) is 4.95. The van der Waals surface area contributed by atoms with Crippen molar-refractivity contribution < 1.29 is 13.2 Å². The maximum absolute atomic E-state index is 13.3. The van der Waals surface area contributed by atoms with E-state index in [0.717, 1.165) is 49.7 Å². The SMILES string of the molecule is CN(C)CCCNS(=O)(=O)c1ccc2c(c1)/C(=C(/Nc1ccc(N3CCNCC3)cc1)c1ccccc1)C(=O)N2. The van der Waals surface area contributed by atoms with Crippen LogP contribution in [-0.4, -0.2) is 72.6 Å². The summed E-state index contributed by atoms with van der Waals surface area (Å²) >= 11 is 0. The molecule has 10 heteroatoms. The molecule has 3 aromatic carbocycles. The van der Waals surface area contributed by atoms with Crippen molar-refractivity contribution in [1.29, 1.82) is 0 Å². The zero-order valence-electron chi connectivity index (χ0n) is 22.9. The minimum atomic E-state index is -3.75. The summed E-state index contributed by atoms with van der Waals surface area (Å²) < 4.78 is 28.9. The second-order valence-electron chi connectivity index (χ2n) is 10.2. The third-order valence-electron chi connectivity index (χ3n) is 7.05. The predicted molar refractivity (Wildman–Crippen MR) is 162 cm³/mol. The van der Waals surface area contributed by atoms with Gasteiger partial charge in [-0.25, -0.2) is 13.1 Å². The van der Waals surface area contributed by atoms with Crippen LogP contribution >= 0.6 is 0 Å². The molecule has 0 saturated carbocycles. The number of carbonyl (C=O) groups is 1. The van der Waals surface area contributed by atoms with Gasteiger partial charge in [0.2, 0.25) is 10.0 Å². The first-order valence-electron chi connectivity index (χ1n) is 13.5. The quantitative estimate of drug-likeness (QED) is 0.223. The van der Waals surface area contributed by atoms with E-state index in [1.165, 1.54) is 6.07 Å². The van der Waals surface area contributed by atoms with Gasteiger partial charge in [0, 0.05) is 55.3 Å². The molecule has 4 N–H and O–H groups in total. The van der Waals surface area contributed by atoms with E-state index in [2.05, 4.69) is 37.7 Å². The summed E-state index contributed by atoms with van der Waals surface area (Å²) in [7, 11) is 0.156. The zero-order valence-corrected chi connectivity index (χ0v) is 23.7. The molecular weight excluding hydrogens is 524 g/mol. The number of fused-ring (bicyclic) bond motifs is 1. The number of sulfonamides is 1. The van der Waals surface area contributed by atoms with E-state index < -0.39 is 10.0 Å². The summed E-state index contributed by atoms with van der Waals surface area (Å²) in [6, 6.07) is 22.5. The van der Waals surface area contributed by atoms with Crippen LogP contribution in [0.2, 0.25) is 0 Å². The topological polar surface area (TPSA) is 106 Å². The first-order chi connectivity index (χ1) is 19.3. The van der Waals surface area contributed by atoms with Crippen LogP contribution < -0.4 is 25.6 Å². The number of carbonyl (C=O) groups excluding carboxylic acids is 1. The van der Waals surface area contributed by atoms with Gasteiger partial charge in [0.15, 0.2) is 0 Å². The summed E-state index contributed by atoms with van der Waals surface area (Å²) in [5.41, 5.74) is 4.94. The molecule has 3 aromatic rings. The lowest BCUT2D eigenvalue weighted by Crippen LogP contribution is -2.43. The molecule has 9 nitrogen and oxygen atoms in total. The predicted octanol–water partition coefficient (Wildman–Crippen LogP) is 3.26. The Bertz CT molecular complexity index is 1480. The highest BCUT2D eigenvalue weighted by Gasteiger charge is 2.30. The van der Waals surface area contributed by atoms with E-state index in [4.69, 9.17) is 0 Å². The van der Waals surface area contributed by atoms with E-state index in [0.29, 0.717) is 35.5 Å². The van der Waals surface area contributed by atoms with E-state index in [1.54, 1.807) is 12.1 Å². The van der Waals surface area contributed by atoms with Crippen LogP contribution in [0.3, 0.4) is 0 Å². The van der Waals surface area contributed by atoms with Gasteiger partial charge < -0.3 is 25.8 Å². The summed E-state index contributed by atoms with van der Waals surface area (Å²) in [4.78, 5) is 17.8. The van der Waals surface area contributed by atoms with Gasteiger partial charge in [-0.2, -0.15) is 0 Å². The molecule has 2 aliphatic heterocycles. The van der Waals surface area contributed by atoms with Crippen molar-refractivity contribution in [2.24, 2.45) is 0 Å². The monoisotopic (exact) mass is 560 g/mol. The molecule has 0 spiro atoms. The molecule has 210 valence electrons. The van der Waals surface area contributed by atoms with Crippen molar-refractivity contribution in [2.75, 3.05) is 68.9 Å². The maximum Gasteiger partial charge on any atom is 0.258 e. The molecule has 40 heavy (non-hydrogen) atoms. The normalized spacial score (nSPS) is 16.6. The van der Waals surface area contributed by atoms with Crippen LogP contribution in [0.25, 0.3) is 11.3 Å². The van der Waals surface area contributed by atoms with Crippen molar-refractivity contribution in [1.82, 2.24) is 14.9 Å². The third kappa shape index (κ3) is 6.37. The molecular formula is C30H36N6O3S. The average Bonchev–Trinajstić information content (AvgIpc) is 3.30. The van der Waals surface area contributed by atoms with Crippen LogP contribution in [0, 0.1) is 0 Å². The molecule has 0 aromatic heterocycles. The van der Waals surface area contributed by atoms with Gasteiger partial charge in [0.1, 0.15) is 0 Å². The first-order valence-corrected chi connectivity index (χ1v) is 15.0. The van der Waals surface area contributed by atoms with Crippen molar-refractivity contribution in [3.63, 3.8) is 0 Å². The Kier molecular flexibility index (Phi) is 8.51. The third-order valence-corrected chi connectivity index (χ3v) is 8.51. The lowest BCUT2D eigenvalue weighted by Gasteiger charge is -2.29. The van der Waals surface area contributed by atoms with Gasteiger partial charge in [-0.15, -0.1) is 0 Å². The van der Waals surface area contributed by atoms with Crippen molar-refractivity contribution in [2.45, 2.75) is 11.3 Å². The number of amides is 1. The van der Waals surface area contributed by atoms with Crippen molar-refractivity contribution >= 4 is 44.3 Å². The van der Waals surface area contributed by atoms with Crippen LogP contribution in [0.4, 0.5) is 17.1 Å². The highest BCUT2D eigenvalue weighted by molar-refractivity contribution is 7.89. The highest BCUT2D eigenvalue weighted by atomic mass is 32.2. The number of nitrogens with zero attached hydrogens (tertiary/aromatic N) is 2. The Morgan fingerprint density at radius 1 is 0.975 bits per heavy atom. The second-order valence-corrected chi connectivity index (χ2v) is 12.0. The van der Waals surface area contributed by atoms with E-state index >= 15 is 0 Å². The van der Waals surface area contributed by atoms with E-state index in [1.807, 2.05) is 61.5 Å². The molecule has 0 aliphatic carbocycles. The average molecular weight is 561 g/mol. The van der Waals surface area contributed by atoms with Gasteiger partial charge in [0.05, 0.1) is 16.2 Å². The Hall–Kier alpha value is -3.70. The smallest absolute Gasteiger partial charge is 0.258 e. The standard InChI is InChI=1S/C30H36N6O3S/c1-35(2)18-6-15-32-40(38,39)25-13-14-27-26(21-25)28(30(37)34-27)29(22-7-4-3-5-8-22)33-23-9-11-24(12-10-23)36-19-16-31-17-20-36/h3-5,7-14,21,31-33H,6,15-20H2,1-2H3,(H,34,37)/b29-28-. The molecule has 1 amide bonds. The largest absolute Gasteiger partial charge is 0.369 e. The molecule has 0 unspecified atom stereocenters. The molecule has 1 fully saturated rings. The number of piperazine rings is 1. The highest BCUT2D eigenvalue weighted by Crippen LogP contribution is 2.39. The molecule has 0 bridgehead atoms. The van der Waals surface area contributed by atoms with Crippen molar-refractivity contribution in [3.05, 3.63) is 83.9 Å². The first kappa shape index (κ1) is 27.9. The van der Waals surface area contributed by atoms with E-state index in [-0.39, 0.29) is 10.8 Å². The Morgan fingerprint density at radius 2 is 1.70 bits per heavy atom. The van der Waals surface area contributed by atoms with Crippen LogP contribution in [0.5, 0.6) is 0 Å². The fraction of sp³-hybridized carbons (Fsp3) is 0.300. The summed E-state index contributed by atoms with van der Waals surface area (Å²) in [6.45, 7) is 4.94. The Balaban J connectivity index is 1.48. The summed E-state index contributed by atoms with van der Waals surface area (Å²) in [5, 5.41) is 9.75. The van der Waals surface area contributed by atoms with Gasteiger partial charge in [-0.3, -0.25) is 4.79 Å². The zero-order chi connectivity index (χ0) is 28.1. The molecule has 0 radical (unpaired) electrons. The molecule has 0 atom stereocenters. The van der Waals surface area contributed by atoms with Crippen LogP contribution in [-0.2, 0) is 14.8 Å². The minimum absolute atomic E-state index is 0.123. The van der Waals surface area contributed by atoms with Crippen molar-refractivity contribution in [3.8, 4) is 0 Å². The number of anilines is 3. The van der Waals surface area contributed by atoms with E-state index in [9.17, 15) is 13.2 Å². The number of hydrogen-bond donors (Lipinski definition) is 4. The fourth-order valence-corrected chi connectivity index (χ4v) is 6.05. The van der Waals surface area contributed by atoms with Gasteiger partial charge in [-0.1, -0.05) is 30.3 Å². The number of hydrogen-bond acceptors (Lipinski definition) is 7.